The number of primary amides is 1. The Morgan fingerprint density at radius 1 is 1.50 bits per heavy atom. The molecule has 1 heterocycles. The second-order valence-electron chi connectivity index (χ2n) is 5.00. The average molecular weight is 247 g/mol. The third-order valence-electron chi connectivity index (χ3n) is 3.75. The maximum Gasteiger partial charge on any atom is 0.248 e. The SMILES string of the molecule is CCC1CCCN(c2cc(C(N)=O)ccc2N)C1. The highest BCUT2D eigenvalue weighted by molar-refractivity contribution is 5.95. The Balaban J connectivity index is 2.26. The normalized spacial score (nSPS) is 19.8. The van der Waals surface area contributed by atoms with E-state index in [1.807, 2.05) is 6.07 Å². The van der Waals surface area contributed by atoms with Gasteiger partial charge in [0.1, 0.15) is 0 Å². The largest absolute Gasteiger partial charge is 0.397 e. The molecule has 1 fully saturated rings. The molecule has 18 heavy (non-hydrogen) atoms. The molecular formula is C14H21N3O. The first-order chi connectivity index (χ1) is 8.61. The molecule has 4 N–H and O–H groups in total. The van der Waals surface area contributed by atoms with Crippen molar-refractivity contribution in [3.05, 3.63) is 23.8 Å². The highest BCUT2D eigenvalue weighted by atomic mass is 16.1. The molecule has 0 radical (unpaired) electrons. The van der Waals surface area contributed by atoms with Gasteiger partial charge in [-0.15, -0.1) is 0 Å². The van der Waals surface area contributed by atoms with Gasteiger partial charge in [-0.25, -0.2) is 0 Å². The summed E-state index contributed by atoms with van der Waals surface area (Å²) < 4.78 is 0. The van der Waals surface area contributed by atoms with Crippen molar-refractivity contribution < 1.29 is 4.79 Å². The van der Waals surface area contributed by atoms with E-state index in [1.54, 1.807) is 12.1 Å². The van der Waals surface area contributed by atoms with Crippen LogP contribution < -0.4 is 16.4 Å². The molecule has 1 atom stereocenters. The monoisotopic (exact) mass is 247 g/mol. The minimum atomic E-state index is -0.402. The number of piperidine rings is 1. The molecule has 1 aromatic rings. The van der Waals surface area contributed by atoms with E-state index in [2.05, 4.69) is 11.8 Å². The van der Waals surface area contributed by atoms with Crippen molar-refractivity contribution in [3.8, 4) is 0 Å². The minimum absolute atomic E-state index is 0.402. The van der Waals surface area contributed by atoms with Crippen molar-refractivity contribution >= 4 is 17.3 Å². The van der Waals surface area contributed by atoms with Gasteiger partial charge >= 0.3 is 0 Å². The Labute approximate surface area is 108 Å². The molecule has 4 heteroatoms. The Morgan fingerprint density at radius 3 is 2.94 bits per heavy atom. The lowest BCUT2D eigenvalue weighted by molar-refractivity contribution is 0.100. The zero-order valence-corrected chi connectivity index (χ0v) is 10.9. The summed E-state index contributed by atoms with van der Waals surface area (Å²) in [6.45, 7) is 4.24. The topological polar surface area (TPSA) is 72.3 Å². The van der Waals surface area contributed by atoms with Gasteiger partial charge < -0.3 is 16.4 Å². The molecule has 1 aliphatic heterocycles. The number of nitrogen functional groups attached to an aromatic ring is 1. The van der Waals surface area contributed by atoms with Crippen LogP contribution in [-0.4, -0.2) is 19.0 Å². The summed E-state index contributed by atoms with van der Waals surface area (Å²) in [6, 6.07) is 5.27. The van der Waals surface area contributed by atoms with Crippen LogP contribution in [0.1, 0.15) is 36.5 Å². The van der Waals surface area contributed by atoms with E-state index in [0.29, 0.717) is 5.56 Å². The lowest BCUT2D eigenvalue weighted by Crippen LogP contribution is -2.35. The van der Waals surface area contributed by atoms with Crippen molar-refractivity contribution in [2.24, 2.45) is 11.7 Å². The summed E-state index contributed by atoms with van der Waals surface area (Å²) in [5.74, 6) is 0.315. The fourth-order valence-electron chi connectivity index (χ4n) is 2.59. The van der Waals surface area contributed by atoms with E-state index in [0.717, 1.165) is 30.4 Å². The molecular weight excluding hydrogens is 226 g/mol. The Hall–Kier alpha value is -1.71. The first-order valence-corrected chi connectivity index (χ1v) is 6.56. The highest BCUT2D eigenvalue weighted by Crippen LogP contribution is 2.29. The number of carbonyl (C=O) groups excluding carboxylic acids is 1. The zero-order valence-electron chi connectivity index (χ0n) is 10.9. The van der Waals surface area contributed by atoms with Gasteiger partial charge in [0.2, 0.25) is 5.91 Å². The number of hydrogen-bond donors (Lipinski definition) is 2. The zero-order chi connectivity index (χ0) is 13.1. The second-order valence-corrected chi connectivity index (χ2v) is 5.00. The van der Waals surface area contributed by atoms with Gasteiger partial charge in [-0.05, 0) is 37.0 Å². The van der Waals surface area contributed by atoms with Gasteiger partial charge in [-0.2, -0.15) is 0 Å². The van der Waals surface area contributed by atoms with E-state index in [9.17, 15) is 4.79 Å². The van der Waals surface area contributed by atoms with E-state index in [-0.39, 0.29) is 0 Å². The van der Waals surface area contributed by atoms with Crippen LogP contribution >= 0.6 is 0 Å². The van der Waals surface area contributed by atoms with Gasteiger partial charge in [0.05, 0.1) is 11.4 Å². The van der Waals surface area contributed by atoms with Crippen LogP contribution in [0.5, 0.6) is 0 Å². The molecule has 98 valence electrons. The molecule has 2 rings (SSSR count). The van der Waals surface area contributed by atoms with Crippen molar-refractivity contribution in [2.45, 2.75) is 26.2 Å². The van der Waals surface area contributed by atoms with Gasteiger partial charge in [0.15, 0.2) is 0 Å². The summed E-state index contributed by atoms with van der Waals surface area (Å²) in [6.07, 6.45) is 3.65. The summed E-state index contributed by atoms with van der Waals surface area (Å²) in [7, 11) is 0. The molecule has 0 aromatic heterocycles. The maximum absolute atomic E-state index is 11.2. The van der Waals surface area contributed by atoms with E-state index in [1.165, 1.54) is 19.3 Å². The van der Waals surface area contributed by atoms with Gasteiger partial charge in [0, 0.05) is 18.7 Å². The molecule has 0 bridgehead atoms. The van der Waals surface area contributed by atoms with Gasteiger partial charge in [-0.3, -0.25) is 4.79 Å². The summed E-state index contributed by atoms with van der Waals surface area (Å²) in [5, 5.41) is 0. The predicted molar refractivity (Wildman–Crippen MR) is 74.6 cm³/mol. The molecule has 1 aromatic carbocycles. The first kappa shape index (κ1) is 12.7. The lowest BCUT2D eigenvalue weighted by Gasteiger charge is -2.34. The Kier molecular flexibility index (Phi) is 3.75. The third-order valence-corrected chi connectivity index (χ3v) is 3.75. The smallest absolute Gasteiger partial charge is 0.248 e. The number of carbonyl (C=O) groups is 1. The van der Waals surface area contributed by atoms with Crippen molar-refractivity contribution in [2.75, 3.05) is 23.7 Å². The standard InChI is InChI=1S/C14H21N3O/c1-2-10-4-3-7-17(9-10)13-8-11(14(16)18)5-6-12(13)15/h5-6,8,10H,2-4,7,9,15H2,1H3,(H2,16,18). The van der Waals surface area contributed by atoms with Crippen LogP contribution in [-0.2, 0) is 0 Å². The minimum Gasteiger partial charge on any atom is -0.397 e. The highest BCUT2D eigenvalue weighted by Gasteiger charge is 2.20. The number of benzene rings is 1. The second kappa shape index (κ2) is 5.29. The molecule has 0 saturated carbocycles. The van der Waals surface area contributed by atoms with Crippen molar-refractivity contribution in [1.82, 2.24) is 0 Å². The number of rotatable bonds is 3. The van der Waals surface area contributed by atoms with Crippen LogP contribution in [0, 0.1) is 5.92 Å². The fourth-order valence-corrected chi connectivity index (χ4v) is 2.59. The van der Waals surface area contributed by atoms with Crippen LogP contribution in [0.3, 0.4) is 0 Å². The number of anilines is 2. The lowest BCUT2D eigenvalue weighted by atomic mass is 9.95. The van der Waals surface area contributed by atoms with E-state index in [4.69, 9.17) is 11.5 Å². The summed E-state index contributed by atoms with van der Waals surface area (Å²) >= 11 is 0. The van der Waals surface area contributed by atoms with Gasteiger partial charge in [-0.1, -0.05) is 13.3 Å². The van der Waals surface area contributed by atoms with Crippen LogP contribution in [0.15, 0.2) is 18.2 Å². The molecule has 0 spiro atoms. The number of amides is 1. The van der Waals surface area contributed by atoms with Gasteiger partial charge in [0.25, 0.3) is 0 Å². The Morgan fingerprint density at radius 2 is 2.28 bits per heavy atom. The molecule has 0 aliphatic carbocycles. The summed E-state index contributed by atoms with van der Waals surface area (Å²) in [5.41, 5.74) is 13.5. The molecule has 1 saturated heterocycles. The van der Waals surface area contributed by atoms with E-state index >= 15 is 0 Å². The predicted octanol–water partition coefficient (Wildman–Crippen LogP) is 1.99. The first-order valence-electron chi connectivity index (χ1n) is 6.56. The van der Waals surface area contributed by atoms with E-state index < -0.39 is 5.91 Å². The molecule has 1 unspecified atom stereocenters. The van der Waals surface area contributed by atoms with Crippen LogP contribution in [0.2, 0.25) is 0 Å². The summed E-state index contributed by atoms with van der Waals surface area (Å²) in [4.78, 5) is 13.5. The van der Waals surface area contributed by atoms with Crippen LogP contribution in [0.4, 0.5) is 11.4 Å². The maximum atomic E-state index is 11.2. The van der Waals surface area contributed by atoms with Crippen molar-refractivity contribution in [3.63, 3.8) is 0 Å². The molecule has 4 nitrogen and oxygen atoms in total. The van der Waals surface area contributed by atoms with Crippen molar-refractivity contribution in [1.29, 1.82) is 0 Å². The quantitative estimate of drug-likeness (QED) is 0.802. The average Bonchev–Trinajstić information content (AvgIpc) is 2.39. The fraction of sp³-hybridized carbons (Fsp3) is 0.500. The number of nitrogens with zero attached hydrogens (tertiary/aromatic N) is 1. The Bertz CT molecular complexity index is 445. The van der Waals surface area contributed by atoms with Crippen LogP contribution in [0.25, 0.3) is 0 Å². The number of nitrogens with two attached hydrogens (primary N) is 2. The third kappa shape index (κ3) is 2.58. The molecule has 1 aliphatic rings. The number of hydrogen-bond acceptors (Lipinski definition) is 3. The molecule has 1 amide bonds.